The summed E-state index contributed by atoms with van der Waals surface area (Å²) in [6.07, 6.45) is 0. The molecular weight excluding hydrogens is 294 g/mol. The van der Waals surface area contributed by atoms with Gasteiger partial charge in [0, 0.05) is 13.1 Å². The van der Waals surface area contributed by atoms with Gasteiger partial charge < -0.3 is 5.32 Å². The van der Waals surface area contributed by atoms with Gasteiger partial charge in [0.2, 0.25) is 15.9 Å². The lowest BCUT2D eigenvalue weighted by Gasteiger charge is -2.25. The Hall–Kier alpha value is -2.00. The lowest BCUT2D eigenvalue weighted by atomic mass is 10.3. The first kappa shape index (κ1) is 14.0. The molecule has 21 heavy (non-hydrogen) atoms. The van der Waals surface area contributed by atoms with E-state index in [0.717, 1.165) is 11.0 Å². The molecule has 0 atom stereocenters. The first-order chi connectivity index (χ1) is 10.1. The minimum Gasteiger partial charge on any atom is -0.354 e. The summed E-state index contributed by atoms with van der Waals surface area (Å²) in [7, 11) is -3.48. The van der Waals surface area contributed by atoms with Gasteiger partial charge >= 0.3 is 0 Å². The number of piperazine rings is 1. The Bertz CT molecular complexity index is 770. The second kappa shape index (κ2) is 5.41. The summed E-state index contributed by atoms with van der Waals surface area (Å²) in [5, 5.41) is 10.6. The van der Waals surface area contributed by atoms with Gasteiger partial charge in [0.25, 0.3) is 0 Å². The maximum atomic E-state index is 12.2. The van der Waals surface area contributed by atoms with Gasteiger partial charge in [-0.1, -0.05) is 17.3 Å². The zero-order valence-corrected chi connectivity index (χ0v) is 12.1. The molecule has 0 spiro atoms. The fourth-order valence-corrected chi connectivity index (χ4v) is 3.61. The minimum absolute atomic E-state index is 0.104. The predicted molar refractivity (Wildman–Crippen MR) is 75.9 cm³/mol. The highest BCUT2D eigenvalue weighted by molar-refractivity contribution is 7.89. The SMILES string of the molecule is O=C1CN(S(=O)(=O)CCn2nnc3ccccc32)CCN1. The Kier molecular flexibility index (Phi) is 3.60. The minimum atomic E-state index is -3.48. The van der Waals surface area contributed by atoms with Gasteiger partial charge in [-0.2, -0.15) is 4.31 Å². The van der Waals surface area contributed by atoms with Crippen molar-refractivity contribution in [1.29, 1.82) is 0 Å². The highest BCUT2D eigenvalue weighted by Crippen LogP contribution is 2.11. The number of nitrogens with one attached hydrogen (secondary N) is 1. The fraction of sp³-hybridized carbons (Fsp3) is 0.417. The Morgan fingerprint density at radius 3 is 2.90 bits per heavy atom. The number of carbonyl (C=O) groups is 1. The summed E-state index contributed by atoms with van der Waals surface area (Å²) < 4.78 is 27.3. The number of nitrogens with zero attached hydrogens (tertiary/aromatic N) is 4. The predicted octanol–water partition coefficient (Wildman–Crippen LogP) is -0.807. The summed E-state index contributed by atoms with van der Waals surface area (Å²) in [6.45, 7) is 0.762. The quantitative estimate of drug-likeness (QED) is 0.797. The molecule has 1 aliphatic heterocycles. The highest BCUT2D eigenvalue weighted by atomic mass is 32.2. The van der Waals surface area contributed by atoms with E-state index in [1.54, 1.807) is 4.68 Å². The largest absolute Gasteiger partial charge is 0.354 e. The van der Waals surface area contributed by atoms with Gasteiger partial charge in [0.15, 0.2) is 0 Å². The number of aryl methyl sites for hydroxylation is 1. The molecule has 0 unspecified atom stereocenters. The van der Waals surface area contributed by atoms with Gasteiger partial charge in [-0.3, -0.25) is 4.79 Å². The summed E-state index contributed by atoms with van der Waals surface area (Å²) in [5.41, 5.74) is 1.52. The van der Waals surface area contributed by atoms with Crippen molar-refractivity contribution in [1.82, 2.24) is 24.6 Å². The highest BCUT2D eigenvalue weighted by Gasteiger charge is 2.27. The lowest BCUT2D eigenvalue weighted by Crippen LogP contribution is -2.50. The van der Waals surface area contributed by atoms with Crippen LogP contribution in [0.1, 0.15) is 0 Å². The lowest BCUT2D eigenvalue weighted by molar-refractivity contribution is -0.122. The van der Waals surface area contributed by atoms with Crippen molar-refractivity contribution >= 4 is 27.0 Å². The zero-order chi connectivity index (χ0) is 14.9. The number of carbonyl (C=O) groups excluding carboxylic acids is 1. The van der Waals surface area contributed by atoms with Crippen LogP contribution in [0.15, 0.2) is 24.3 Å². The number of hydrogen-bond donors (Lipinski definition) is 1. The van der Waals surface area contributed by atoms with E-state index >= 15 is 0 Å². The molecule has 1 aliphatic rings. The summed E-state index contributed by atoms with van der Waals surface area (Å²) in [6, 6.07) is 7.37. The van der Waals surface area contributed by atoms with Crippen LogP contribution in [-0.2, 0) is 21.4 Å². The first-order valence-corrected chi connectivity index (χ1v) is 8.20. The molecule has 1 amide bonds. The van der Waals surface area contributed by atoms with Crippen molar-refractivity contribution in [3.8, 4) is 0 Å². The smallest absolute Gasteiger partial charge is 0.235 e. The molecular formula is C12H15N5O3S. The average Bonchev–Trinajstić information content (AvgIpc) is 2.88. The van der Waals surface area contributed by atoms with Crippen molar-refractivity contribution < 1.29 is 13.2 Å². The fourth-order valence-electron chi connectivity index (χ4n) is 2.27. The Balaban J connectivity index is 1.73. The normalized spacial score (nSPS) is 17.0. The van der Waals surface area contributed by atoms with Crippen molar-refractivity contribution in [2.45, 2.75) is 6.54 Å². The summed E-state index contributed by atoms with van der Waals surface area (Å²) in [4.78, 5) is 11.3. The molecule has 9 heteroatoms. The van der Waals surface area contributed by atoms with Crippen LogP contribution < -0.4 is 5.32 Å². The maximum absolute atomic E-state index is 12.2. The second-order valence-electron chi connectivity index (χ2n) is 4.80. The number of hydrogen-bond acceptors (Lipinski definition) is 5. The van der Waals surface area contributed by atoms with E-state index in [1.807, 2.05) is 24.3 Å². The molecule has 1 saturated heterocycles. The van der Waals surface area contributed by atoms with Crippen LogP contribution >= 0.6 is 0 Å². The molecule has 1 aromatic heterocycles. The van der Waals surface area contributed by atoms with Crippen molar-refractivity contribution in [2.24, 2.45) is 0 Å². The van der Waals surface area contributed by atoms with Crippen LogP contribution in [0.25, 0.3) is 11.0 Å². The third-order valence-corrected chi connectivity index (χ3v) is 5.17. The van der Waals surface area contributed by atoms with Gasteiger partial charge in [-0.05, 0) is 12.1 Å². The van der Waals surface area contributed by atoms with Gasteiger partial charge in [0.1, 0.15) is 5.52 Å². The molecule has 0 bridgehead atoms. The Labute approximate surface area is 121 Å². The molecule has 2 aromatic rings. The second-order valence-corrected chi connectivity index (χ2v) is 6.89. The first-order valence-electron chi connectivity index (χ1n) is 6.59. The van der Waals surface area contributed by atoms with Crippen LogP contribution in [0.5, 0.6) is 0 Å². The number of aromatic nitrogens is 3. The van der Waals surface area contributed by atoms with E-state index in [2.05, 4.69) is 15.6 Å². The number of para-hydroxylation sites is 1. The molecule has 112 valence electrons. The number of sulfonamides is 1. The molecule has 0 radical (unpaired) electrons. The van der Waals surface area contributed by atoms with Crippen LogP contribution in [0.3, 0.4) is 0 Å². The van der Waals surface area contributed by atoms with E-state index in [0.29, 0.717) is 13.1 Å². The molecule has 1 aromatic carbocycles. The van der Waals surface area contributed by atoms with E-state index in [1.165, 1.54) is 4.31 Å². The average molecular weight is 309 g/mol. The van der Waals surface area contributed by atoms with E-state index in [9.17, 15) is 13.2 Å². The third kappa shape index (κ3) is 2.88. The number of amides is 1. The van der Waals surface area contributed by atoms with E-state index < -0.39 is 10.0 Å². The Morgan fingerprint density at radius 1 is 1.29 bits per heavy atom. The molecule has 2 heterocycles. The van der Waals surface area contributed by atoms with Crippen molar-refractivity contribution in [3.05, 3.63) is 24.3 Å². The van der Waals surface area contributed by atoms with E-state index in [4.69, 9.17) is 0 Å². The summed E-state index contributed by atoms with van der Waals surface area (Å²) >= 11 is 0. The van der Waals surface area contributed by atoms with Gasteiger partial charge in [-0.25, -0.2) is 13.1 Å². The summed E-state index contributed by atoms with van der Waals surface area (Å²) in [5.74, 6) is -0.371. The molecule has 3 rings (SSSR count). The van der Waals surface area contributed by atoms with Crippen molar-refractivity contribution in [2.75, 3.05) is 25.4 Å². The van der Waals surface area contributed by atoms with Gasteiger partial charge in [0.05, 0.1) is 24.4 Å². The third-order valence-electron chi connectivity index (χ3n) is 3.38. The molecule has 0 saturated carbocycles. The van der Waals surface area contributed by atoms with E-state index in [-0.39, 0.29) is 24.7 Å². The van der Waals surface area contributed by atoms with Crippen molar-refractivity contribution in [3.63, 3.8) is 0 Å². The maximum Gasteiger partial charge on any atom is 0.235 e. The number of benzene rings is 1. The van der Waals surface area contributed by atoms with Crippen LogP contribution in [0.2, 0.25) is 0 Å². The van der Waals surface area contributed by atoms with Crippen LogP contribution in [0, 0.1) is 0 Å². The van der Waals surface area contributed by atoms with Crippen LogP contribution in [-0.4, -0.2) is 59.0 Å². The monoisotopic (exact) mass is 309 g/mol. The van der Waals surface area contributed by atoms with Crippen LogP contribution in [0.4, 0.5) is 0 Å². The number of rotatable bonds is 4. The Morgan fingerprint density at radius 2 is 2.10 bits per heavy atom. The number of fused-ring (bicyclic) bond motifs is 1. The molecule has 0 aliphatic carbocycles. The molecule has 8 nitrogen and oxygen atoms in total. The molecule has 1 fully saturated rings. The topological polar surface area (TPSA) is 97.2 Å². The zero-order valence-electron chi connectivity index (χ0n) is 11.3. The molecule has 1 N–H and O–H groups in total. The van der Waals surface area contributed by atoms with Gasteiger partial charge in [-0.15, -0.1) is 5.10 Å². The standard InChI is InChI=1S/C12H15N5O3S/c18-12-9-16(6-5-13-12)21(19,20)8-7-17-11-4-2-1-3-10(11)14-15-17/h1-4H,5-9H2,(H,13,18).